The highest BCUT2D eigenvalue weighted by atomic mass is 32.2. The Morgan fingerprint density at radius 2 is 1.89 bits per heavy atom. The molecule has 152 valence electrons. The van der Waals surface area contributed by atoms with Crippen molar-refractivity contribution in [3.05, 3.63) is 59.7 Å². The molecule has 0 spiro atoms. The molecule has 0 saturated carbocycles. The third-order valence-electron chi connectivity index (χ3n) is 4.90. The largest absolute Gasteiger partial charge is 0.497 e. The summed E-state index contributed by atoms with van der Waals surface area (Å²) in [6.45, 7) is 0.400. The number of benzene rings is 2. The fourth-order valence-corrected chi connectivity index (χ4v) is 4.91. The first-order valence-corrected chi connectivity index (χ1v) is 10.6. The van der Waals surface area contributed by atoms with E-state index in [0.29, 0.717) is 30.0 Å². The Labute approximate surface area is 166 Å². The highest BCUT2D eigenvalue weighted by Crippen LogP contribution is 2.39. The zero-order valence-electron chi connectivity index (χ0n) is 16.3. The van der Waals surface area contributed by atoms with Gasteiger partial charge >= 0.3 is 0 Å². The van der Waals surface area contributed by atoms with E-state index in [-0.39, 0.29) is 6.61 Å². The number of nitrogens with one attached hydrogen (secondary N) is 1. The van der Waals surface area contributed by atoms with Crippen molar-refractivity contribution in [1.29, 1.82) is 0 Å². The van der Waals surface area contributed by atoms with E-state index in [2.05, 4.69) is 4.72 Å². The molecule has 1 heterocycles. The average Bonchev–Trinajstić information content (AvgIpc) is 3.10. The molecular weight excluding hydrogens is 380 g/mol. The van der Waals surface area contributed by atoms with Gasteiger partial charge in [0.1, 0.15) is 16.7 Å². The minimum absolute atomic E-state index is 0.0716. The Kier molecular flexibility index (Phi) is 6.56. The second-order valence-electron chi connectivity index (χ2n) is 6.61. The molecule has 28 heavy (non-hydrogen) atoms. The summed E-state index contributed by atoms with van der Waals surface area (Å²) in [5.74, 6) is 1.22. The van der Waals surface area contributed by atoms with E-state index >= 15 is 0 Å². The Hall–Kier alpha value is -2.13. The van der Waals surface area contributed by atoms with E-state index < -0.39 is 21.3 Å². The lowest BCUT2D eigenvalue weighted by atomic mass is 10.0. The van der Waals surface area contributed by atoms with Gasteiger partial charge in [0, 0.05) is 19.2 Å². The zero-order chi connectivity index (χ0) is 20.1. The van der Waals surface area contributed by atoms with Crippen molar-refractivity contribution in [2.75, 3.05) is 34.4 Å². The molecule has 0 radical (unpaired) electrons. The molecule has 7 nitrogen and oxygen atoms in total. The van der Waals surface area contributed by atoms with Crippen molar-refractivity contribution >= 4 is 10.0 Å². The smallest absolute Gasteiger partial charge is 0.218 e. The molecule has 0 aromatic heterocycles. The molecule has 1 N–H and O–H groups in total. The van der Waals surface area contributed by atoms with E-state index in [1.807, 2.05) is 30.3 Å². The van der Waals surface area contributed by atoms with Crippen LogP contribution in [0.15, 0.2) is 48.5 Å². The predicted octanol–water partition coefficient (Wildman–Crippen LogP) is 2.15. The maximum absolute atomic E-state index is 13.0. The van der Waals surface area contributed by atoms with Crippen LogP contribution in [0.3, 0.4) is 0 Å². The molecule has 0 amide bonds. The van der Waals surface area contributed by atoms with Gasteiger partial charge in [0.2, 0.25) is 10.0 Å². The summed E-state index contributed by atoms with van der Waals surface area (Å²) < 4.78 is 39.5. The molecule has 2 aromatic rings. The SMILES string of the molecule is COc1ccc(OC)c(C2C(S(=O)(=O)NCCc3ccccc3)CON2C)c1. The number of hydrogen-bond acceptors (Lipinski definition) is 6. The van der Waals surface area contributed by atoms with Crippen molar-refractivity contribution in [1.82, 2.24) is 9.79 Å². The van der Waals surface area contributed by atoms with Gasteiger partial charge in [-0.2, -0.15) is 5.06 Å². The number of ether oxygens (including phenoxy) is 2. The number of rotatable bonds is 8. The van der Waals surface area contributed by atoms with Gasteiger partial charge in [0.25, 0.3) is 0 Å². The highest BCUT2D eigenvalue weighted by Gasteiger charge is 2.44. The fraction of sp³-hybridized carbons (Fsp3) is 0.400. The zero-order valence-corrected chi connectivity index (χ0v) is 17.1. The van der Waals surface area contributed by atoms with E-state index in [4.69, 9.17) is 14.3 Å². The van der Waals surface area contributed by atoms with Crippen LogP contribution in [-0.4, -0.2) is 53.1 Å². The minimum Gasteiger partial charge on any atom is -0.497 e. The maximum Gasteiger partial charge on any atom is 0.218 e. The lowest BCUT2D eigenvalue weighted by molar-refractivity contribution is -0.110. The Balaban J connectivity index is 1.80. The molecule has 1 saturated heterocycles. The third kappa shape index (κ3) is 4.47. The van der Waals surface area contributed by atoms with E-state index in [0.717, 1.165) is 5.56 Å². The van der Waals surface area contributed by atoms with Gasteiger partial charge in [-0.25, -0.2) is 13.1 Å². The van der Waals surface area contributed by atoms with Gasteiger partial charge in [-0.05, 0) is 30.2 Å². The van der Waals surface area contributed by atoms with E-state index in [1.54, 1.807) is 44.5 Å². The van der Waals surface area contributed by atoms with Gasteiger partial charge in [0.05, 0.1) is 26.9 Å². The Morgan fingerprint density at radius 3 is 2.57 bits per heavy atom. The standard InChI is InChI=1S/C20H26N2O5S/c1-22-20(17-13-16(25-2)9-10-18(17)26-3)19(14-27-22)28(23,24)21-12-11-15-7-5-4-6-8-15/h4-10,13,19-21H,11-12,14H2,1-3H3. The lowest BCUT2D eigenvalue weighted by Gasteiger charge is -2.25. The summed E-state index contributed by atoms with van der Waals surface area (Å²) in [4.78, 5) is 5.57. The number of hydrogen-bond donors (Lipinski definition) is 1. The Bertz CT molecular complexity index is 889. The van der Waals surface area contributed by atoms with Crippen LogP contribution in [-0.2, 0) is 21.3 Å². The predicted molar refractivity (Wildman–Crippen MR) is 107 cm³/mol. The Morgan fingerprint density at radius 1 is 1.14 bits per heavy atom. The van der Waals surface area contributed by atoms with E-state index in [9.17, 15) is 8.42 Å². The van der Waals surface area contributed by atoms with Crippen molar-refractivity contribution in [3.63, 3.8) is 0 Å². The molecule has 8 heteroatoms. The second-order valence-corrected chi connectivity index (χ2v) is 8.59. The number of sulfonamides is 1. The van der Waals surface area contributed by atoms with Crippen LogP contribution in [0.2, 0.25) is 0 Å². The van der Waals surface area contributed by atoms with Crippen LogP contribution in [0.5, 0.6) is 11.5 Å². The number of methoxy groups -OCH3 is 2. The molecule has 1 aliphatic rings. The molecule has 1 aliphatic heterocycles. The molecular formula is C20H26N2O5S. The topological polar surface area (TPSA) is 77.1 Å². The number of hydroxylamine groups is 2. The third-order valence-corrected chi connectivity index (χ3v) is 6.70. The van der Waals surface area contributed by atoms with Gasteiger partial charge in [-0.1, -0.05) is 30.3 Å². The summed E-state index contributed by atoms with van der Waals surface area (Å²) >= 11 is 0. The molecule has 2 atom stereocenters. The quantitative estimate of drug-likeness (QED) is 0.724. The van der Waals surface area contributed by atoms with Crippen LogP contribution >= 0.6 is 0 Å². The van der Waals surface area contributed by atoms with Crippen LogP contribution in [0.25, 0.3) is 0 Å². The molecule has 0 aliphatic carbocycles. The normalized spacial score (nSPS) is 20.2. The highest BCUT2D eigenvalue weighted by molar-refractivity contribution is 7.90. The van der Waals surface area contributed by atoms with Crippen molar-refractivity contribution in [3.8, 4) is 11.5 Å². The van der Waals surface area contributed by atoms with Gasteiger partial charge < -0.3 is 9.47 Å². The maximum atomic E-state index is 13.0. The molecule has 2 aromatic carbocycles. The van der Waals surface area contributed by atoms with Crippen LogP contribution in [0, 0.1) is 0 Å². The summed E-state index contributed by atoms with van der Waals surface area (Å²) in [5.41, 5.74) is 1.79. The van der Waals surface area contributed by atoms with Gasteiger partial charge in [-0.3, -0.25) is 4.84 Å². The minimum atomic E-state index is -3.62. The van der Waals surface area contributed by atoms with Crippen LogP contribution in [0.1, 0.15) is 17.2 Å². The van der Waals surface area contributed by atoms with Gasteiger partial charge in [-0.15, -0.1) is 0 Å². The first-order valence-electron chi connectivity index (χ1n) is 9.06. The van der Waals surface area contributed by atoms with Crippen LogP contribution in [0.4, 0.5) is 0 Å². The monoisotopic (exact) mass is 406 g/mol. The summed E-state index contributed by atoms with van der Waals surface area (Å²) in [7, 11) is 1.23. The van der Waals surface area contributed by atoms with Crippen molar-refractivity contribution in [2.45, 2.75) is 17.7 Å². The molecule has 0 bridgehead atoms. The second kappa shape index (κ2) is 8.91. The number of nitrogens with zero attached hydrogens (tertiary/aromatic N) is 1. The molecule has 3 rings (SSSR count). The first-order chi connectivity index (χ1) is 13.5. The van der Waals surface area contributed by atoms with Crippen LogP contribution < -0.4 is 14.2 Å². The summed E-state index contributed by atoms with van der Waals surface area (Å²) in [5, 5.41) is 0.799. The average molecular weight is 407 g/mol. The van der Waals surface area contributed by atoms with Crippen molar-refractivity contribution in [2.24, 2.45) is 0 Å². The lowest BCUT2D eigenvalue weighted by Crippen LogP contribution is -2.40. The molecule has 2 unspecified atom stereocenters. The fourth-order valence-electron chi connectivity index (χ4n) is 3.41. The van der Waals surface area contributed by atoms with Gasteiger partial charge in [0.15, 0.2) is 0 Å². The van der Waals surface area contributed by atoms with E-state index in [1.165, 1.54) is 0 Å². The van der Waals surface area contributed by atoms with Crippen molar-refractivity contribution < 1.29 is 22.7 Å². The summed E-state index contributed by atoms with van der Waals surface area (Å²) in [6.07, 6.45) is 0.622. The summed E-state index contributed by atoms with van der Waals surface area (Å²) in [6, 6.07) is 14.6. The first kappa shape index (κ1) is 20.6. The molecule has 1 fully saturated rings.